The molecule has 6 heteroatoms. The molecule has 1 fully saturated rings. The summed E-state index contributed by atoms with van der Waals surface area (Å²) in [6, 6.07) is -1.38. The summed E-state index contributed by atoms with van der Waals surface area (Å²) in [7, 11) is 1.25. The molecule has 0 aromatic carbocycles. The van der Waals surface area contributed by atoms with Crippen LogP contribution >= 0.6 is 0 Å². The molecule has 1 amide bonds. The second-order valence-electron chi connectivity index (χ2n) is 3.71. The van der Waals surface area contributed by atoms with Gasteiger partial charge in [-0.3, -0.25) is 4.79 Å². The number of carbonyl (C=O) groups is 2. The van der Waals surface area contributed by atoms with Gasteiger partial charge in [-0.15, -0.1) is 0 Å². The van der Waals surface area contributed by atoms with Crippen LogP contribution in [-0.4, -0.2) is 53.7 Å². The molecule has 3 N–H and O–H groups in total. The number of rotatable bonds is 2. The zero-order chi connectivity index (χ0) is 11.6. The molecule has 0 aliphatic carbocycles. The van der Waals surface area contributed by atoms with Crippen LogP contribution in [0, 0.1) is 0 Å². The Kier molecular flexibility index (Phi) is 3.65. The maximum Gasteiger partial charge on any atom is 0.328 e. The topological polar surface area (TPSA) is 92.9 Å². The highest BCUT2D eigenvalue weighted by molar-refractivity contribution is 5.87. The molecule has 0 bridgehead atoms. The SMILES string of the molecule is COC(=O)C1CC(O)CN1C(=O)C(C)N. The number of aliphatic hydroxyl groups excluding tert-OH is 1. The van der Waals surface area contributed by atoms with E-state index in [-0.39, 0.29) is 18.9 Å². The average Bonchev–Trinajstić information content (AvgIpc) is 2.57. The van der Waals surface area contributed by atoms with Crippen LogP contribution in [0.3, 0.4) is 0 Å². The molecule has 1 aliphatic heterocycles. The van der Waals surface area contributed by atoms with Gasteiger partial charge in [-0.05, 0) is 6.92 Å². The summed E-state index contributed by atoms with van der Waals surface area (Å²) in [6.07, 6.45) is -0.470. The van der Waals surface area contributed by atoms with E-state index < -0.39 is 24.2 Å². The Balaban J connectivity index is 2.77. The number of amides is 1. The van der Waals surface area contributed by atoms with Gasteiger partial charge in [0.05, 0.1) is 19.3 Å². The van der Waals surface area contributed by atoms with Crippen LogP contribution in [-0.2, 0) is 14.3 Å². The van der Waals surface area contributed by atoms with E-state index in [0.29, 0.717) is 0 Å². The number of nitrogens with two attached hydrogens (primary N) is 1. The predicted molar refractivity (Wildman–Crippen MR) is 51.8 cm³/mol. The summed E-state index contributed by atoms with van der Waals surface area (Å²) in [5.74, 6) is -0.859. The van der Waals surface area contributed by atoms with Crippen molar-refractivity contribution in [1.82, 2.24) is 4.90 Å². The third-order valence-corrected chi connectivity index (χ3v) is 2.42. The van der Waals surface area contributed by atoms with Crippen LogP contribution in [0.1, 0.15) is 13.3 Å². The van der Waals surface area contributed by atoms with Crippen molar-refractivity contribution in [1.29, 1.82) is 0 Å². The molecule has 1 rings (SSSR count). The standard InChI is InChI=1S/C9H16N2O4/c1-5(10)8(13)11-4-6(12)3-7(11)9(14)15-2/h5-7,12H,3-4,10H2,1-2H3. The van der Waals surface area contributed by atoms with Gasteiger partial charge in [0.15, 0.2) is 0 Å². The van der Waals surface area contributed by atoms with Crippen LogP contribution in [0.4, 0.5) is 0 Å². The van der Waals surface area contributed by atoms with E-state index in [9.17, 15) is 14.7 Å². The molecular weight excluding hydrogens is 200 g/mol. The van der Waals surface area contributed by atoms with Gasteiger partial charge in [-0.25, -0.2) is 4.79 Å². The van der Waals surface area contributed by atoms with Crippen LogP contribution in [0.15, 0.2) is 0 Å². The van der Waals surface area contributed by atoms with Crippen molar-refractivity contribution in [2.75, 3.05) is 13.7 Å². The fourth-order valence-corrected chi connectivity index (χ4v) is 1.68. The van der Waals surface area contributed by atoms with E-state index in [2.05, 4.69) is 4.74 Å². The second-order valence-corrected chi connectivity index (χ2v) is 3.71. The van der Waals surface area contributed by atoms with E-state index in [1.54, 1.807) is 6.92 Å². The lowest BCUT2D eigenvalue weighted by Crippen LogP contribution is -2.47. The molecule has 1 saturated heterocycles. The molecule has 1 aliphatic rings. The largest absolute Gasteiger partial charge is 0.467 e. The third-order valence-electron chi connectivity index (χ3n) is 2.42. The van der Waals surface area contributed by atoms with E-state index >= 15 is 0 Å². The van der Waals surface area contributed by atoms with Crippen molar-refractivity contribution in [3.63, 3.8) is 0 Å². The molecule has 0 spiro atoms. The Hall–Kier alpha value is -1.14. The van der Waals surface area contributed by atoms with Crippen LogP contribution in [0.25, 0.3) is 0 Å². The van der Waals surface area contributed by atoms with Gasteiger partial charge >= 0.3 is 5.97 Å². The van der Waals surface area contributed by atoms with Gasteiger partial charge in [0.25, 0.3) is 0 Å². The number of likely N-dealkylation sites (tertiary alicyclic amines) is 1. The molecule has 6 nitrogen and oxygen atoms in total. The van der Waals surface area contributed by atoms with Crippen molar-refractivity contribution in [2.24, 2.45) is 5.73 Å². The van der Waals surface area contributed by atoms with Gasteiger partial charge in [0, 0.05) is 13.0 Å². The zero-order valence-corrected chi connectivity index (χ0v) is 8.84. The molecule has 3 unspecified atom stereocenters. The Morgan fingerprint density at radius 2 is 2.20 bits per heavy atom. The first-order chi connectivity index (χ1) is 6.97. The lowest BCUT2D eigenvalue weighted by Gasteiger charge is -2.23. The van der Waals surface area contributed by atoms with Gasteiger partial charge in [-0.2, -0.15) is 0 Å². The number of hydrogen-bond donors (Lipinski definition) is 2. The number of esters is 1. The molecule has 0 aromatic rings. The highest BCUT2D eigenvalue weighted by Gasteiger charge is 2.40. The molecule has 0 aromatic heterocycles. The molecule has 15 heavy (non-hydrogen) atoms. The van der Waals surface area contributed by atoms with Crippen molar-refractivity contribution >= 4 is 11.9 Å². The highest BCUT2D eigenvalue weighted by atomic mass is 16.5. The number of β-amino-alcohol motifs (C(OH)–C–C–N with tert-alkyl or cyclic N) is 1. The smallest absolute Gasteiger partial charge is 0.328 e. The number of carbonyl (C=O) groups excluding carboxylic acids is 2. The maximum absolute atomic E-state index is 11.6. The summed E-state index contributed by atoms with van der Waals surface area (Å²) in [4.78, 5) is 24.2. The fraction of sp³-hybridized carbons (Fsp3) is 0.778. The van der Waals surface area contributed by atoms with E-state index in [1.165, 1.54) is 12.0 Å². The average molecular weight is 216 g/mol. The fourth-order valence-electron chi connectivity index (χ4n) is 1.68. The number of hydrogen-bond acceptors (Lipinski definition) is 5. The molecule has 0 saturated carbocycles. The van der Waals surface area contributed by atoms with Gasteiger partial charge in [0.2, 0.25) is 5.91 Å². The minimum Gasteiger partial charge on any atom is -0.467 e. The normalized spacial score (nSPS) is 27.6. The van der Waals surface area contributed by atoms with E-state index in [4.69, 9.17) is 5.73 Å². The first-order valence-corrected chi connectivity index (χ1v) is 4.79. The van der Waals surface area contributed by atoms with Crippen molar-refractivity contribution in [2.45, 2.75) is 31.5 Å². The zero-order valence-electron chi connectivity index (χ0n) is 8.84. The van der Waals surface area contributed by atoms with Crippen LogP contribution < -0.4 is 5.73 Å². The monoisotopic (exact) mass is 216 g/mol. The lowest BCUT2D eigenvalue weighted by atomic mass is 10.2. The summed E-state index contributed by atoms with van der Waals surface area (Å²) < 4.78 is 4.56. The van der Waals surface area contributed by atoms with Crippen LogP contribution in [0.2, 0.25) is 0 Å². The Bertz CT molecular complexity index is 267. The van der Waals surface area contributed by atoms with E-state index in [1.807, 2.05) is 0 Å². The van der Waals surface area contributed by atoms with Gasteiger partial charge < -0.3 is 20.5 Å². The molecule has 1 heterocycles. The minimum absolute atomic E-state index is 0.139. The Morgan fingerprint density at radius 1 is 1.60 bits per heavy atom. The van der Waals surface area contributed by atoms with Crippen molar-refractivity contribution in [3.05, 3.63) is 0 Å². The number of aliphatic hydroxyl groups is 1. The first-order valence-electron chi connectivity index (χ1n) is 4.79. The predicted octanol–water partition coefficient (Wildman–Crippen LogP) is -1.53. The summed E-state index contributed by atoms with van der Waals surface area (Å²) >= 11 is 0. The molecule has 86 valence electrons. The van der Waals surface area contributed by atoms with E-state index in [0.717, 1.165) is 0 Å². The quantitative estimate of drug-likeness (QED) is 0.546. The molecular formula is C9H16N2O4. The van der Waals surface area contributed by atoms with Crippen molar-refractivity contribution < 1.29 is 19.4 Å². The summed E-state index contributed by atoms with van der Waals surface area (Å²) in [5.41, 5.74) is 5.44. The second kappa shape index (κ2) is 4.59. The van der Waals surface area contributed by atoms with Crippen LogP contribution in [0.5, 0.6) is 0 Å². The Morgan fingerprint density at radius 3 is 2.67 bits per heavy atom. The lowest BCUT2D eigenvalue weighted by molar-refractivity contribution is -0.151. The first kappa shape index (κ1) is 11.9. The molecule has 0 radical (unpaired) electrons. The number of methoxy groups -OCH3 is 1. The third kappa shape index (κ3) is 2.45. The highest BCUT2D eigenvalue weighted by Crippen LogP contribution is 2.19. The summed E-state index contributed by atoms with van der Waals surface area (Å²) in [5, 5.41) is 9.40. The van der Waals surface area contributed by atoms with Gasteiger partial charge in [0.1, 0.15) is 6.04 Å². The minimum atomic E-state index is -0.705. The van der Waals surface area contributed by atoms with Crippen molar-refractivity contribution in [3.8, 4) is 0 Å². The van der Waals surface area contributed by atoms with Gasteiger partial charge in [-0.1, -0.05) is 0 Å². The summed E-state index contributed by atoms with van der Waals surface area (Å²) in [6.45, 7) is 1.68. The maximum atomic E-state index is 11.6. The molecule has 3 atom stereocenters. The number of ether oxygens (including phenoxy) is 1. The number of nitrogens with zero attached hydrogens (tertiary/aromatic N) is 1. The Labute approximate surface area is 88.0 Å².